The molecular formula is C14H20FN. The molecule has 0 heterocycles. The highest BCUT2D eigenvalue weighted by Gasteiger charge is 2.32. The lowest BCUT2D eigenvalue weighted by atomic mass is 9.82. The molecule has 0 radical (unpaired) electrons. The van der Waals surface area contributed by atoms with Crippen LogP contribution in [0.25, 0.3) is 0 Å². The smallest absolute Gasteiger partial charge is 0.123 e. The van der Waals surface area contributed by atoms with E-state index in [0.717, 1.165) is 0 Å². The first-order valence-electron chi connectivity index (χ1n) is 5.98. The Morgan fingerprint density at radius 2 is 1.75 bits per heavy atom. The van der Waals surface area contributed by atoms with Crippen LogP contribution in [0.3, 0.4) is 0 Å². The summed E-state index contributed by atoms with van der Waals surface area (Å²) in [5.41, 5.74) is 1.33. The van der Waals surface area contributed by atoms with E-state index in [0.29, 0.717) is 12.1 Å². The Morgan fingerprint density at radius 3 is 2.19 bits per heavy atom. The van der Waals surface area contributed by atoms with Gasteiger partial charge >= 0.3 is 0 Å². The Labute approximate surface area is 97.1 Å². The van der Waals surface area contributed by atoms with E-state index >= 15 is 0 Å². The zero-order valence-corrected chi connectivity index (χ0v) is 10.3. The van der Waals surface area contributed by atoms with Crippen LogP contribution in [-0.2, 0) is 0 Å². The van der Waals surface area contributed by atoms with Crippen molar-refractivity contribution in [3.63, 3.8) is 0 Å². The number of halogens is 1. The molecule has 1 aromatic rings. The second-order valence-corrected chi connectivity index (χ2v) is 5.79. The van der Waals surface area contributed by atoms with Crippen LogP contribution in [0.1, 0.15) is 45.2 Å². The predicted octanol–water partition coefficient (Wildman–Crippen LogP) is 3.66. The van der Waals surface area contributed by atoms with Gasteiger partial charge in [-0.15, -0.1) is 0 Å². The van der Waals surface area contributed by atoms with Gasteiger partial charge in [0.05, 0.1) is 0 Å². The number of benzene rings is 1. The highest BCUT2D eigenvalue weighted by molar-refractivity contribution is 5.22. The molecule has 1 unspecified atom stereocenters. The lowest BCUT2D eigenvalue weighted by Gasteiger charge is -2.32. The monoisotopic (exact) mass is 221 g/mol. The summed E-state index contributed by atoms with van der Waals surface area (Å²) in [5, 5.41) is 3.64. The average molecular weight is 221 g/mol. The van der Waals surface area contributed by atoms with E-state index in [9.17, 15) is 4.39 Å². The van der Waals surface area contributed by atoms with Gasteiger partial charge in [-0.05, 0) is 36.0 Å². The minimum Gasteiger partial charge on any atom is -0.307 e. The van der Waals surface area contributed by atoms with Gasteiger partial charge in [-0.25, -0.2) is 4.39 Å². The van der Waals surface area contributed by atoms with Gasteiger partial charge in [0.1, 0.15) is 5.82 Å². The largest absolute Gasteiger partial charge is 0.307 e. The van der Waals surface area contributed by atoms with Crippen molar-refractivity contribution in [1.82, 2.24) is 5.32 Å². The second-order valence-electron chi connectivity index (χ2n) is 5.79. The van der Waals surface area contributed by atoms with Gasteiger partial charge < -0.3 is 5.32 Å². The zero-order valence-electron chi connectivity index (χ0n) is 10.3. The molecule has 1 saturated carbocycles. The Balaban J connectivity index is 2.19. The van der Waals surface area contributed by atoms with Crippen LogP contribution in [0.15, 0.2) is 24.3 Å². The highest BCUT2D eigenvalue weighted by Crippen LogP contribution is 2.36. The van der Waals surface area contributed by atoms with Crippen molar-refractivity contribution in [2.75, 3.05) is 0 Å². The van der Waals surface area contributed by atoms with Crippen LogP contribution in [0.5, 0.6) is 0 Å². The van der Waals surface area contributed by atoms with Crippen LogP contribution >= 0.6 is 0 Å². The summed E-state index contributed by atoms with van der Waals surface area (Å²) in [6, 6.07) is 7.84. The number of nitrogens with one attached hydrogen (secondary N) is 1. The third-order valence-corrected chi connectivity index (χ3v) is 3.05. The molecule has 0 bridgehead atoms. The van der Waals surface area contributed by atoms with Gasteiger partial charge in [0.2, 0.25) is 0 Å². The van der Waals surface area contributed by atoms with Gasteiger partial charge in [0.25, 0.3) is 0 Å². The fourth-order valence-corrected chi connectivity index (χ4v) is 1.99. The van der Waals surface area contributed by atoms with Crippen molar-refractivity contribution in [3.8, 4) is 0 Å². The summed E-state index contributed by atoms with van der Waals surface area (Å²) in [5.74, 6) is -0.164. The standard InChI is InChI=1S/C14H20FN/c1-14(2,3)13(16-12-8-9-12)10-4-6-11(15)7-5-10/h4-7,12-13,16H,8-9H2,1-3H3. The number of hydrogen-bond acceptors (Lipinski definition) is 1. The lowest BCUT2D eigenvalue weighted by Crippen LogP contribution is -2.33. The fraction of sp³-hybridized carbons (Fsp3) is 0.571. The van der Waals surface area contributed by atoms with Gasteiger partial charge in [-0.2, -0.15) is 0 Å². The van der Waals surface area contributed by atoms with E-state index < -0.39 is 0 Å². The van der Waals surface area contributed by atoms with Crippen LogP contribution in [0.4, 0.5) is 4.39 Å². The van der Waals surface area contributed by atoms with Crippen molar-refractivity contribution < 1.29 is 4.39 Å². The maximum Gasteiger partial charge on any atom is 0.123 e. The van der Waals surface area contributed by atoms with Crippen LogP contribution in [0, 0.1) is 11.2 Å². The summed E-state index contributed by atoms with van der Waals surface area (Å²) in [4.78, 5) is 0. The molecule has 1 atom stereocenters. The molecule has 0 aromatic heterocycles. The third kappa shape index (κ3) is 2.82. The minimum atomic E-state index is -0.164. The molecule has 2 heteroatoms. The first-order chi connectivity index (χ1) is 7.47. The van der Waals surface area contributed by atoms with E-state index in [-0.39, 0.29) is 11.2 Å². The Kier molecular flexibility index (Phi) is 3.02. The van der Waals surface area contributed by atoms with Crippen molar-refractivity contribution in [3.05, 3.63) is 35.6 Å². The van der Waals surface area contributed by atoms with Gasteiger partial charge in [-0.3, -0.25) is 0 Å². The van der Waals surface area contributed by atoms with Crippen molar-refractivity contribution in [1.29, 1.82) is 0 Å². The quantitative estimate of drug-likeness (QED) is 0.821. The first kappa shape index (κ1) is 11.6. The molecule has 1 nitrogen and oxygen atoms in total. The number of hydrogen-bond donors (Lipinski definition) is 1. The van der Waals surface area contributed by atoms with E-state index in [1.807, 2.05) is 12.1 Å². The van der Waals surface area contributed by atoms with Crippen molar-refractivity contribution >= 4 is 0 Å². The third-order valence-electron chi connectivity index (χ3n) is 3.05. The summed E-state index contributed by atoms with van der Waals surface area (Å²) in [6.45, 7) is 6.66. The van der Waals surface area contributed by atoms with E-state index in [4.69, 9.17) is 0 Å². The predicted molar refractivity (Wildman–Crippen MR) is 64.8 cm³/mol. The molecule has 1 aliphatic rings. The van der Waals surface area contributed by atoms with Gasteiger partial charge in [-0.1, -0.05) is 32.9 Å². The molecule has 16 heavy (non-hydrogen) atoms. The molecule has 0 spiro atoms. The first-order valence-corrected chi connectivity index (χ1v) is 5.98. The second kappa shape index (κ2) is 4.17. The SMILES string of the molecule is CC(C)(C)C(NC1CC1)c1ccc(F)cc1. The normalized spacial score (nSPS) is 18.5. The minimum absolute atomic E-state index is 0.153. The Hall–Kier alpha value is -0.890. The Morgan fingerprint density at radius 1 is 1.19 bits per heavy atom. The average Bonchev–Trinajstić information content (AvgIpc) is 2.98. The number of rotatable bonds is 3. The van der Waals surface area contributed by atoms with Crippen molar-refractivity contribution in [2.45, 2.75) is 45.7 Å². The summed E-state index contributed by atoms with van der Waals surface area (Å²) in [6.07, 6.45) is 2.54. The molecule has 1 aromatic carbocycles. The fourth-order valence-electron chi connectivity index (χ4n) is 1.99. The molecule has 0 amide bonds. The molecule has 1 N–H and O–H groups in total. The summed E-state index contributed by atoms with van der Waals surface area (Å²) in [7, 11) is 0. The molecule has 1 fully saturated rings. The molecular weight excluding hydrogens is 201 g/mol. The molecule has 0 saturated heterocycles. The van der Waals surface area contributed by atoms with Crippen molar-refractivity contribution in [2.24, 2.45) is 5.41 Å². The molecule has 1 aliphatic carbocycles. The summed E-state index contributed by atoms with van der Waals surface area (Å²) < 4.78 is 12.9. The summed E-state index contributed by atoms with van der Waals surface area (Å²) >= 11 is 0. The van der Waals surface area contributed by atoms with E-state index in [1.54, 1.807) is 12.1 Å². The maximum absolute atomic E-state index is 12.9. The van der Waals surface area contributed by atoms with E-state index in [2.05, 4.69) is 26.1 Å². The zero-order chi connectivity index (χ0) is 11.8. The molecule has 2 rings (SSSR count). The van der Waals surface area contributed by atoms with Crippen LogP contribution < -0.4 is 5.32 Å². The molecule has 88 valence electrons. The van der Waals surface area contributed by atoms with Crippen LogP contribution in [-0.4, -0.2) is 6.04 Å². The lowest BCUT2D eigenvalue weighted by molar-refractivity contribution is 0.270. The maximum atomic E-state index is 12.9. The van der Waals surface area contributed by atoms with Gasteiger partial charge in [0.15, 0.2) is 0 Å². The van der Waals surface area contributed by atoms with E-state index in [1.165, 1.54) is 18.4 Å². The van der Waals surface area contributed by atoms with Gasteiger partial charge in [0, 0.05) is 12.1 Å². The molecule has 0 aliphatic heterocycles. The topological polar surface area (TPSA) is 12.0 Å². The van der Waals surface area contributed by atoms with Crippen LogP contribution in [0.2, 0.25) is 0 Å². The highest BCUT2D eigenvalue weighted by atomic mass is 19.1. The Bertz CT molecular complexity index is 346.